The molecule has 1 aliphatic heterocycles. The number of hydrogen-bond acceptors (Lipinski definition) is 2. The van der Waals surface area contributed by atoms with E-state index in [0.29, 0.717) is 0 Å². The first kappa shape index (κ1) is 10.9. The second-order valence-electron chi connectivity index (χ2n) is 5.26. The molecule has 0 aromatic carbocycles. The van der Waals surface area contributed by atoms with Crippen molar-refractivity contribution in [2.45, 2.75) is 63.5 Å². The van der Waals surface area contributed by atoms with Crippen LogP contribution in [-0.4, -0.2) is 24.0 Å². The van der Waals surface area contributed by atoms with E-state index < -0.39 is 0 Å². The molecule has 1 heterocycles. The summed E-state index contributed by atoms with van der Waals surface area (Å²) in [6, 6.07) is 0.0659. The van der Waals surface area contributed by atoms with Crippen molar-refractivity contribution in [3.05, 3.63) is 0 Å². The Hall–Kier alpha value is -0.570. The van der Waals surface area contributed by atoms with Crippen LogP contribution in [0.15, 0.2) is 0 Å². The zero-order chi connectivity index (χ0) is 10.7. The molecule has 1 unspecified atom stereocenters. The Morgan fingerprint density at radius 3 is 2.60 bits per heavy atom. The molecular formula is C12H22N2O. The predicted octanol–water partition coefficient (Wildman–Crippen LogP) is 1.58. The third-order valence-corrected chi connectivity index (χ3v) is 3.76. The van der Waals surface area contributed by atoms with Crippen LogP contribution in [0.5, 0.6) is 0 Å². The molecule has 1 saturated heterocycles. The van der Waals surface area contributed by atoms with Gasteiger partial charge in [-0.05, 0) is 39.2 Å². The molecule has 0 aromatic rings. The van der Waals surface area contributed by atoms with Crippen LogP contribution in [0, 0.1) is 0 Å². The van der Waals surface area contributed by atoms with E-state index in [1.807, 2.05) is 0 Å². The molecule has 0 spiro atoms. The number of rotatable bonds is 2. The van der Waals surface area contributed by atoms with E-state index in [2.05, 4.69) is 17.6 Å². The van der Waals surface area contributed by atoms with Gasteiger partial charge in [-0.25, -0.2) is 0 Å². The van der Waals surface area contributed by atoms with Crippen LogP contribution in [0.2, 0.25) is 0 Å². The monoisotopic (exact) mass is 210 g/mol. The second kappa shape index (κ2) is 4.52. The van der Waals surface area contributed by atoms with Gasteiger partial charge in [0.25, 0.3) is 0 Å². The van der Waals surface area contributed by atoms with E-state index in [1.165, 1.54) is 25.7 Å². The summed E-state index contributed by atoms with van der Waals surface area (Å²) in [6.07, 6.45) is 8.20. The lowest BCUT2D eigenvalue weighted by molar-refractivity contribution is -0.125. The van der Waals surface area contributed by atoms with Crippen LogP contribution in [0.3, 0.4) is 0 Å². The van der Waals surface area contributed by atoms with Crippen molar-refractivity contribution in [3.8, 4) is 0 Å². The Labute approximate surface area is 92.0 Å². The number of amides is 1. The summed E-state index contributed by atoms with van der Waals surface area (Å²) in [6.45, 7) is 3.18. The highest BCUT2D eigenvalue weighted by atomic mass is 16.2. The zero-order valence-electron chi connectivity index (χ0n) is 9.64. The van der Waals surface area contributed by atoms with E-state index in [1.54, 1.807) is 0 Å². The van der Waals surface area contributed by atoms with Crippen molar-refractivity contribution in [1.82, 2.24) is 10.6 Å². The van der Waals surface area contributed by atoms with Crippen LogP contribution < -0.4 is 10.6 Å². The third-order valence-electron chi connectivity index (χ3n) is 3.76. The van der Waals surface area contributed by atoms with Gasteiger partial charge in [-0.2, -0.15) is 0 Å². The Morgan fingerprint density at radius 1 is 1.27 bits per heavy atom. The number of carbonyl (C=O) groups is 1. The van der Waals surface area contributed by atoms with Crippen molar-refractivity contribution in [1.29, 1.82) is 0 Å². The van der Waals surface area contributed by atoms with Crippen LogP contribution in [0.25, 0.3) is 0 Å². The summed E-state index contributed by atoms with van der Waals surface area (Å²) in [5, 5.41) is 6.52. The fraction of sp³-hybridized carbons (Fsp3) is 0.917. The van der Waals surface area contributed by atoms with Gasteiger partial charge in [0.1, 0.15) is 0 Å². The highest BCUT2D eigenvalue weighted by Gasteiger charge is 2.32. The first-order valence-electron chi connectivity index (χ1n) is 6.25. The van der Waals surface area contributed by atoms with Gasteiger partial charge in [0.2, 0.25) is 5.91 Å². The largest absolute Gasteiger partial charge is 0.350 e. The standard InChI is InChI=1S/C12H22N2O/c1-12(7-3-4-8-12)14-11(15)10-6-2-5-9-13-10/h10,13H,2-9H2,1H3,(H,14,15). The Morgan fingerprint density at radius 2 is 2.00 bits per heavy atom. The van der Waals surface area contributed by atoms with E-state index in [4.69, 9.17) is 0 Å². The average molecular weight is 210 g/mol. The van der Waals surface area contributed by atoms with Crippen molar-refractivity contribution < 1.29 is 4.79 Å². The summed E-state index contributed by atoms with van der Waals surface area (Å²) in [4.78, 5) is 12.0. The summed E-state index contributed by atoms with van der Waals surface area (Å²) in [7, 11) is 0. The van der Waals surface area contributed by atoms with E-state index in [-0.39, 0.29) is 17.5 Å². The topological polar surface area (TPSA) is 41.1 Å². The van der Waals surface area contributed by atoms with Gasteiger partial charge in [-0.1, -0.05) is 19.3 Å². The molecule has 3 heteroatoms. The van der Waals surface area contributed by atoms with Crippen LogP contribution in [0.4, 0.5) is 0 Å². The number of nitrogens with one attached hydrogen (secondary N) is 2. The molecule has 0 aromatic heterocycles. The SMILES string of the molecule is CC1(NC(=O)C2CCCCN2)CCCC1. The smallest absolute Gasteiger partial charge is 0.237 e. The van der Waals surface area contributed by atoms with Crippen LogP contribution in [-0.2, 0) is 4.79 Å². The molecule has 1 atom stereocenters. The van der Waals surface area contributed by atoms with Gasteiger partial charge in [-0.15, -0.1) is 0 Å². The minimum Gasteiger partial charge on any atom is -0.350 e. The van der Waals surface area contributed by atoms with Crippen molar-refractivity contribution in [2.75, 3.05) is 6.54 Å². The van der Waals surface area contributed by atoms with Crippen LogP contribution >= 0.6 is 0 Å². The number of piperidine rings is 1. The molecule has 1 saturated carbocycles. The van der Waals surface area contributed by atoms with Gasteiger partial charge in [-0.3, -0.25) is 4.79 Å². The van der Waals surface area contributed by atoms with Crippen LogP contribution in [0.1, 0.15) is 51.9 Å². The molecule has 15 heavy (non-hydrogen) atoms. The Bertz CT molecular complexity index is 228. The molecule has 2 fully saturated rings. The molecule has 3 nitrogen and oxygen atoms in total. The van der Waals surface area contributed by atoms with Crippen molar-refractivity contribution in [2.24, 2.45) is 0 Å². The normalized spacial score (nSPS) is 30.1. The quantitative estimate of drug-likeness (QED) is 0.726. The molecule has 1 aliphatic carbocycles. The highest BCUT2D eigenvalue weighted by Crippen LogP contribution is 2.29. The minimum absolute atomic E-state index is 0.0659. The first-order chi connectivity index (χ1) is 7.20. The molecule has 0 bridgehead atoms. The fourth-order valence-corrected chi connectivity index (χ4v) is 2.74. The van der Waals surface area contributed by atoms with Crippen molar-refractivity contribution in [3.63, 3.8) is 0 Å². The summed E-state index contributed by atoms with van der Waals surface area (Å²) >= 11 is 0. The van der Waals surface area contributed by atoms with E-state index >= 15 is 0 Å². The van der Waals surface area contributed by atoms with Crippen molar-refractivity contribution >= 4 is 5.91 Å². The summed E-state index contributed by atoms with van der Waals surface area (Å²) in [5.74, 6) is 0.221. The van der Waals surface area contributed by atoms with Gasteiger partial charge in [0.05, 0.1) is 6.04 Å². The molecule has 1 amide bonds. The lowest BCUT2D eigenvalue weighted by Gasteiger charge is -2.30. The summed E-state index contributed by atoms with van der Waals surface area (Å²) in [5.41, 5.74) is 0.0796. The zero-order valence-corrected chi connectivity index (χ0v) is 9.64. The first-order valence-corrected chi connectivity index (χ1v) is 6.25. The van der Waals surface area contributed by atoms with E-state index in [0.717, 1.165) is 25.8 Å². The van der Waals surface area contributed by atoms with Gasteiger partial charge < -0.3 is 10.6 Å². The van der Waals surface area contributed by atoms with E-state index in [9.17, 15) is 4.79 Å². The summed E-state index contributed by atoms with van der Waals surface area (Å²) < 4.78 is 0. The maximum atomic E-state index is 12.0. The molecule has 86 valence electrons. The fourth-order valence-electron chi connectivity index (χ4n) is 2.74. The molecule has 2 rings (SSSR count). The Kier molecular flexibility index (Phi) is 3.29. The molecule has 2 N–H and O–H groups in total. The lowest BCUT2D eigenvalue weighted by Crippen LogP contribution is -2.53. The van der Waals surface area contributed by atoms with Gasteiger partial charge in [0.15, 0.2) is 0 Å². The van der Waals surface area contributed by atoms with Gasteiger partial charge >= 0.3 is 0 Å². The Balaban J connectivity index is 1.85. The lowest BCUT2D eigenvalue weighted by atomic mass is 9.98. The molecule has 0 radical (unpaired) electrons. The molecule has 2 aliphatic rings. The minimum atomic E-state index is 0.0659. The number of carbonyl (C=O) groups excluding carboxylic acids is 1. The second-order valence-corrected chi connectivity index (χ2v) is 5.26. The highest BCUT2D eigenvalue weighted by molar-refractivity contribution is 5.82. The maximum Gasteiger partial charge on any atom is 0.237 e. The predicted molar refractivity (Wildman–Crippen MR) is 60.7 cm³/mol. The third kappa shape index (κ3) is 2.71. The van der Waals surface area contributed by atoms with Gasteiger partial charge in [0, 0.05) is 5.54 Å². The molecular weight excluding hydrogens is 188 g/mol. The maximum absolute atomic E-state index is 12.0. The number of hydrogen-bond donors (Lipinski definition) is 2. The average Bonchev–Trinajstić information content (AvgIpc) is 2.66.